The zero-order valence-electron chi connectivity index (χ0n) is 13.5. The van der Waals surface area contributed by atoms with Gasteiger partial charge in [-0.2, -0.15) is 0 Å². The fourth-order valence-corrected chi connectivity index (χ4v) is 3.50. The van der Waals surface area contributed by atoms with E-state index in [1.807, 2.05) is 6.92 Å². The van der Waals surface area contributed by atoms with Gasteiger partial charge in [-0.3, -0.25) is 4.79 Å². The molecule has 21 heavy (non-hydrogen) atoms. The van der Waals surface area contributed by atoms with Crippen LogP contribution in [0.4, 0.5) is 0 Å². The molecule has 6 heteroatoms. The number of carbonyl (C=O) groups is 1. The van der Waals surface area contributed by atoms with Crippen molar-refractivity contribution < 1.29 is 4.79 Å². The zero-order chi connectivity index (χ0) is 15.4. The summed E-state index contributed by atoms with van der Waals surface area (Å²) in [5.74, 6) is 0.146. The summed E-state index contributed by atoms with van der Waals surface area (Å²) in [7, 11) is 4.22. The van der Waals surface area contributed by atoms with Crippen LogP contribution in [0.25, 0.3) is 0 Å². The summed E-state index contributed by atoms with van der Waals surface area (Å²) >= 11 is 1.73. The van der Waals surface area contributed by atoms with Crippen molar-refractivity contribution in [2.24, 2.45) is 0 Å². The number of nitrogens with one attached hydrogen (secondary N) is 1. The van der Waals surface area contributed by atoms with E-state index in [2.05, 4.69) is 41.1 Å². The quantitative estimate of drug-likeness (QED) is 0.883. The lowest BCUT2D eigenvalue weighted by molar-refractivity contribution is -0.122. The molecule has 0 radical (unpaired) electrons. The standard InChI is InChI=1S/C15H26N4OS/c1-11-12(2)21-15(17-11)5-6-16-14(20)9-13-10-18(3)7-8-19(13)4/h13H,5-10H2,1-4H3,(H,16,20). The van der Waals surface area contributed by atoms with E-state index in [-0.39, 0.29) is 5.91 Å². The Morgan fingerprint density at radius 1 is 1.38 bits per heavy atom. The Bertz CT molecular complexity index is 469. The highest BCUT2D eigenvalue weighted by atomic mass is 32.1. The molecule has 5 nitrogen and oxygen atoms in total. The second kappa shape index (κ2) is 7.33. The van der Waals surface area contributed by atoms with Crippen LogP contribution in [-0.4, -0.2) is 67.0 Å². The molecule has 1 aliphatic rings. The fraction of sp³-hybridized carbons (Fsp3) is 0.733. The molecule has 1 fully saturated rings. The number of carbonyl (C=O) groups excluding carboxylic acids is 1. The first-order valence-corrected chi connectivity index (χ1v) is 8.35. The SMILES string of the molecule is Cc1nc(CCNC(=O)CC2CN(C)CCN2C)sc1C. The zero-order valence-corrected chi connectivity index (χ0v) is 14.3. The van der Waals surface area contributed by atoms with Crippen LogP contribution < -0.4 is 5.32 Å². The summed E-state index contributed by atoms with van der Waals surface area (Å²) in [6, 6.07) is 0.327. The summed E-state index contributed by atoms with van der Waals surface area (Å²) in [5.41, 5.74) is 1.10. The summed E-state index contributed by atoms with van der Waals surface area (Å²) in [6.07, 6.45) is 1.41. The van der Waals surface area contributed by atoms with Gasteiger partial charge in [-0.25, -0.2) is 4.98 Å². The van der Waals surface area contributed by atoms with E-state index < -0.39 is 0 Å². The topological polar surface area (TPSA) is 48.5 Å². The van der Waals surface area contributed by atoms with Crippen LogP contribution in [0.2, 0.25) is 0 Å². The highest BCUT2D eigenvalue weighted by Gasteiger charge is 2.24. The van der Waals surface area contributed by atoms with Gasteiger partial charge in [-0.1, -0.05) is 0 Å². The minimum atomic E-state index is 0.146. The van der Waals surface area contributed by atoms with Gasteiger partial charge in [0.2, 0.25) is 5.91 Å². The van der Waals surface area contributed by atoms with Crippen molar-refractivity contribution in [2.75, 3.05) is 40.3 Å². The van der Waals surface area contributed by atoms with Gasteiger partial charge in [-0.15, -0.1) is 11.3 Å². The third-order valence-corrected chi connectivity index (χ3v) is 5.27. The minimum absolute atomic E-state index is 0.146. The molecule has 1 saturated heterocycles. The molecule has 1 aromatic heterocycles. The van der Waals surface area contributed by atoms with Crippen LogP contribution in [0.1, 0.15) is 22.0 Å². The molecule has 2 heterocycles. The van der Waals surface area contributed by atoms with Crippen molar-refractivity contribution in [3.8, 4) is 0 Å². The maximum atomic E-state index is 12.1. The first-order chi connectivity index (χ1) is 9.95. The number of hydrogen-bond acceptors (Lipinski definition) is 5. The monoisotopic (exact) mass is 310 g/mol. The molecular weight excluding hydrogens is 284 g/mol. The van der Waals surface area contributed by atoms with Gasteiger partial charge in [0.1, 0.15) is 0 Å². The summed E-state index contributed by atoms with van der Waals surface area (Å²) in [6.45, 7) is 7.88. The van der Waals surface area contributed by atoms with E-state index >= 15 is 0 Å². The van der Waals surface area contributed by atoms with Crippen molar-refractivity contribution in [3.05, 3.63) is 15.6 Å². The third kappa shape index (κ3) is 4.76. The molecule has 1 atom stereocenters. The van der Waals surface area contributed by atoms with Crippen LogP contribution in [-0.2, 0) is 11.2 Å². The average molecular weight is 310 g/mol. The van der Waals surface area contributed by atoms with Crippen molar-refractivity contribution in [1.29, 1.82) is 0 Å². The van der Waals surface area contributed by atoms with E-state index in [9.17, 15) is 4.79 Å². The van der Waals surface area contributed by atoms with Crippen molar-refractivity contribution in [1.82, 2.24) is 20.1 Å². The fourth-order valence-electron chi connectivity index (χ4n) is 2.56. The van der Waals surface area contributed by atoms with Gasteiger partial charge >= 0.3 is 0 Å². The van der Waals surface area contributed by atoms with Gasteiger partial charge in [0.25, 0.3) is 0 Å². The molecule has 1 aliphatic heterocycles. The molecule has 2 rings (SSSR count). The molecule has 0 aliphatic carbocycles. The molecule has 118 valence electrons. The van der Waals surface area contributed by atoms with Crippen molar-refractivity contribution in [3.63, 3.8) is 0 Å². The van der Waals surface area contributed by atoms with Gasteiger partial charge in [0.05, 0.1) is 10.7 Å². The number of piperazine rings is 1. The maximum absolute atomic E-state index is 12.1. The molecule has 1 N–H and O–H groups in total. The molecule has 1 aromatic rings. The predicted molar refractivity (Wildman–Crippen MR) is 86.8 cm³/mol. The number of rotatable bonds is 5. The summed E-state index contributed by atoms with van der Waals surface area (Å²) < 4.78 is 0. The lowest BCUT2D eigenvalue weighted by Gasteiger charge is -2.37. The largest absolute Gasteiger partial charge is 0.356 e. The second-order valence-electron chi connectivity index (χ2n) is 5.95. The van der Waals surface area contributed by atoms with Crippen molar-refractivity contribution in [2.45, 2.75) is 32.7 Å². The summed E-state index contributed by atoms with van der Waals surface area (Å²) in [5, 5.41) is 4.14. The molecule has 1 amide bonds. The van der Waals surface area contributed by atoms with Crippen LogP contribution in [0.15, 0.2) is 0 Å². The Hall–Kier alpha value is -0.980. The summed E-state index contributed by atoms with van der Waals surface area (Å²) in [4.78, 5) is 22.4. The van der Waals surface area contributed by atoms with Gasteiger partial charge < -0.3 is 15.1 Å². The number of aryl methyl sites for hydroxylation is 2. The Kier molecular flexibility index (Phi) is 5.72. The van der Waals surface area contributed by atoms with E-state index in [1.165, 1.54) is 4.88 Å². The average Bonchev–Trinajstić information content (AvgIpc) is 2.73. The number of aromatic nitrogens is 1. The highest BCUT2D eigenvalue weighted by molar-refractivity contribution is 7.11. The Morgan fingerprint density at radius 3 is 2.81 bits per heavy atom. The molecule has 1 unspecified atom stereocenters. The molecule has 0 aromatic carbocycles. The van der Waals surface area contributed by atoms with Gasteiger partial charge in [0.15, 0.2) is 0 Å². The molecular formula is C15H26N4OS. The first-order valence-electron chi connectivity index (χ1n) is 7.54. The Morgan fingerprint density at radius 2 is 2.14 bits per heavy atom. The number of nitrogens with zero attached hydrogens (tertiary/aromatic N) is 3. The highest BCUT2D eigenvalue weighted by Crippen LogP contribution is 2.16. The number of thiazole rings is 1. The molecule has 0 bridgehead atoms. The maximum Gasteiger partial charge on any atom is 0.221 e. The van der Waals surface area contributed by atoms with Crippen molar-refractivity contribution >= 4 is 17.2 Å². The lowest BCUT2D eigenvalue weighted by Crippen LogP contribution is -2.51. The molecule has 0 spiro atoms. The van der Waals surface area contributed by atoms with Crippen LogP contribution in [0, 0.1) is 13.8 Å². The first kappa shape index (κ1) is 16.4. The normalized spacial score (nSPS) is 20.7. The van der Waals surface area contributed by atoms with E-state index in [1.54, 1.807) is 11.3 Å². The Balaban J connectivity index is 1.72. The smallest absolute Gasteiger partial charge is 0.221 e. The van der Waals surface area contributed by atoms with E-state index in [4.69, 9.17) is 0 Å². The Labute approximate surface area is 131 Å². The van der Waals surface area contributed by atoms with Crippen LogP contribution in [0.5, 0.6) is 0 Å². The minimum Gasteiger partial charge on any atom is -0.356 e. The van der Waals surface area contributed by atoms with Gasteiger partial charge in [-0.05, 0) is 27.9 Å². The van der Waals surface area contributed by atoms with Gasteiger partial charge in [0, 0.05) is 49.9 Å². The molecule has 0 saturated carbocycles. The lowest BCUT2D eigenvalue weighted by atomic mass is 10.1. The van der Waals surface area contributed by atoms with Crippen LogP contribution >= 0.6 is 11.3 Å². The van der Waals surface area contributed by atoms with E-state index in [0.29, 0.717) is 19.0 Å². The second-order valence-corrected chi connectivity index (χ2v) is 7.24. The number of amides is 1. The number of likely N-dealkylation sites (N-methyl/N-ethyl adjacent to an activating group) is 2. The predicted octanol–water partition coefficient (Wildman–Crippen LogP) is 1.05. The number of hydrogen-bond donors (Lipinski definition) is 1. The van der Waals surface area contributed by atoms with Crippen LogP contribution in [0.3, 0.4) is 0 Å². The third-order valence-electron chi connectivity index (χ3n) is 4.14. The van der Waals surface area contributed by atoms with E-state index in [0.717, 1.165) is 36.8 Å².